The predicted octanol–water partition coefficient (Wildman–Crippen LogP) is 17.6. The van der Waals surface area contributed by atoms with Gasteiger partial charge in [-0.1, -0.05) is 196 Å². The molecule has 0 aromatic heterocycles. The second-order valence-corrected chi connectivity index (χ2v) is 17.4. The zero-order valence-electron chi connectivity index (χ0n) is 36.6. The molecule has 0 bridgehead atoms. The first kappa shape index (κ1) is 39.6. The van der Waals surface area contributed by atoms with E-state index in [-0.39, 0.29) is 5.41 Å². The van der Waals surface area contributed by atoms with Gasteiger partial charge in [-0.05, 0) is 140 Å². The van der Waals surface area contributed by atoms with Gasteiger partial charge in [0.05, 0.1) is 0 Å². The molecule has 1 aliphatic rings. The summed E-state index contributed by atoms with van der Waals surface area (Å²) in [6, 6.07) is 92.5. The Kier molecular flexibility index (Phi) is 10.3. The fourth-order valence-electron chi connectivity index (χ4n) is 9.71. The minimum Gasteiger partial charge on any atom is -0.310 e. The van der Waals surface area contributed by atoms with E-state index in [4.69, 9.17) is 0 Å². The highest BCUT2D eigenvalue weighted by molar-refractivity contribution is 5.90. The summed E-state index contributed by atoms with van der Waals surface area (Å²) in [5.41, 5.74) is 21.1. The Labute approximate surface area is 383 Å². The van der Waals surface area contributed by atoms with E-state index in [0.29, 0.717) is 0 Å². The van der Waals surface area contributed by atoms with Gasteiger partial charge in [-0.2, -0.15) is 0 Å². The van der Waals surface area contributed by atoms with Crippen LogP contribution in [0.25, 0.3) is 55.6 Å². The van der Waals surface area contributed by atoms with E-state index in [1.165, 1.54) is 66.8 Å². The maximum atomic E-state index is 2.43. The zero-order chi connectivity index (χ0) is 43.7. The molecule has 2 heteroatoms. The third-order valence-corrected chi connectivity index (χ3v) is 13.0. The Hall–Kier alpha value is -8.20. The lowest BCUT2D eigenvalue weighted by Gasteiger charge is -2.30. The van der Waals surface area contributed by atoms with Crippen LogP contribution in [-0.2, 0) is 5.41 Å². The number of rotatable bonds is 10. The van der Waals surface area contributed by atoms with E-state index < -0.39 is 0 Å². The second kappa shape index (κ2) is 16.8. The van der Waals surface area contributed by atoms with Crippen LogP contribution < -0.4 is 9.80 Å². The van der Waals surface area contributed by atoms with Crippen molar-refractivity contribution in [2.45, 2.75) is 19.3 Å². The van der Waals surface area contributed by atoms with Gasteiger partial charge >= 0.3 is 0 Å². The molecule has 0 radical (unpaired) electrons. The summed E-state index contributed by atoms with van der Waals surface area (Å²) >= 11 is 0. The minimum absolute atomic E-state index is 0.288. The smallest absolute Gasteiger partial charge is 0.0467 e. The normalized spacial score (nSPS) is 12.3. The van der Waals surface area contributed by atoms with Crippen molar-refractivity contribution in [2.24, 2.45) is 0 Å². The van der Waals surface area contributed by atoms with Crippen LogP contribution in [0.5, 0.6) is 0 Å². The van der Waals surface area contributed by atoms with E-state index in [0.717, 1.165) is 34.1 Å². The van der Waals surface area contributed by atoms with Crippen molar-refractivity contribution >= 4 is 34.1 Å². The van der Waals surface area contributed by atoms with Crippen molar-refractivity contribution in [3.63, 3.8) is 0 Å². The lowest BCUT2D eigenvalue weighted by atomic mass is 9.82. The van der Waals surface area contributed by atoms with Gasteiger partial charge in [0.1, 0.15) is 0 Å². The third-order valence-electron chi connectivity index (χ3n) is 13.0. The van der Waals surface area contributed by atoms with Crippen LogP contribution in [0.1, 0.15) is 25.0 Å². The maximum Gasteiger partial charge on any atom is 0.0467 e. The number of fused-ring (bicyclic) bond motifs is 3. The number of benzene rings is 10. The summed E-state index contributed by atoms with van der Waals surface area (Å²) < 4.78 is 0. The molecule has 0 fully saturated rings. The summed E-state index contributed by atoms with van der Waals surface area (Å²) in [7, 11) is 0. The van der Waals surface area contributed by atoms with Crippen molar-refractivity contribution in [1.82, 2.24) is 0 Å². The summed E-state index contributed by atoms with van der Waals surface area (Å²) in [4.78, 5) is 4.84. The van der Waals surface area contributed by atoms with Crippen LogP contribution >= 0.6 is 0 Å². The van der Waals surface area contributed by atoms with Crippen molar-refractivity contribution in [1.29, 1.82) is 0 Å². The maximum absolute atomic E-state index is 2.43. The number of hydrogen-bond donors (Lipinski definition) is 0. The first-order chi connectivity index (χ1) is 32.0. The van der Waals surface area contributed by atoms with Crippen LogP contribution in [0, 0.1) is 0 Å². The van der Waals surface area contributed by atoms with E-state index in [2.05, 4.69) is 278 Å². The fraction of sp³-hybridized carbons (Fsp3) is 0.0476. The second-order valence-electron chi connectivity index (χ2n) is 17.4. The Morgan fingerprint density at radius 1 is 0.231 bits per heavy atom. The van der Waals surface area contributed by atoms with Crippen LogP contribution in [0.2, 0.25) is 0 Å². The van der Waals surface area contributed by atoms with Crippen molar-refractivity contribution in [2.75, 3.05) is 9.80 Å². The van der Waals surface area contributed by atoms with E-state index in [9.17, 15) is 0 Å². The highest BCUT2D eigenvalue weighted by Crippen LogP contribution is 2.53. The summed E-state index contributed by atoms with van der Waals surface area (Å²) in [6.45, 7) is 4.77. The molecule has 0 aliphatic heterocycles. The van der Waals surface area contributed by atoms with Gasteiger partial charge in [0.15, 0.2) is 0 Å². The molecule has 65 heavy (non-hydrogen) atoms. The average molecular weight is 833 g/mol. The molecule has 310 valence electrons. The molecule has 2 nitrogen and oxygen atoms in total. The third kappa shape index (κ3) is 7.60. The quantitative estimate of drug-likeness (QED) is 0.135. The van der Waals surface area contributed by atoms with Gasteiger partial charge in [-0.15, -0.1) is 0 Å². The fourth-order valence-corrected chi connectivity index (χ4v) is 9.71. The molecular weight excluding hydrogens is 785 g/mol. The molecule has 0 unspecified atom stereocenters. The highest BCUT2D eigenvalue weighted by Gasteiger charge is 2.37. The van der Waals surface area contributed by atoms with Crippen LogP contribution in [0.3, 0.4) is 0 Å². The lowest BCUT2D eigenvalue weighted by molar-refractivity contribution is 0.660. The lowest BCUT2D eigenvalue weighted by Crippen LogP contribution is -2.17. The molecule has 0 atom stereocenters. The Morgan fingerprint density at radius 3 is 0.754 bits per heavy atom. The van der Waals surface area contributed by atoms with Crippen LogP contribution in [0.4, 0.5) is 34.1 Å². The molecule has 11 rings (SSSR count). The molecule has 10 aromatic carbocycles. The minimum atomic E-state index is -0.288. The van der Waals surface area contributed by atoms with E-state index in [1.807, 2.05) is 0 Å². The molecule has 0 spiro atoms. The Balaban J connectivity index is 1.03. The van der Waals surface area contributed by atoms with Gasteiger partial charge in [0, 0.05) is 39.5 Å². The highest BCUT2D eigenvalue weighted by atomic mass is 15.1. The van der Waals surface area contributed by atoms with Crippen LogP contribution in [0.15, 0.2) is 255 Å². The summed E-state index contributed by atoms with van der Waals surface area (Å²) in [6.07, 6.45) is 0. The molecule has 0 heterocycles. The van der Waals surface area contributed by atoms with Gasteiger partial charge in [-0.25, -0.2) is 0 Å². The van der Waals surface area contributed by atoms with Gasteiger partial charge in [0.2, 0.25) is 0 Å². The standard InChI is InChI=1S/C63H48N2/c1-63(2)61-43-57(64(53-31-15-27-49(39-53)45-19-7-3-8-20-45)54-32-16-28-50(40-54)46-21-9-4-10-22-46)35-37-59(61)60-38-36-58(44-62(60)63)65(55-33-17-29-51(41-55)47-23-11-5-12-24-47)56-34-18-30-52(42-56)48-25-13-6-14-26-48/h3-44H,1-2H3. The number of nitrogens with zero attached hydrogens (tertiary/aromatic N) is 2. The largest absolute Gasteiger partial charge is 0.310 e. The topological polar surface area (TPSA) is 6.48 Å². The van der Waals surface area contributed by atoms with E-state index in [1.54, 1.807) is 0 Å². The predicted molar refractivity (Wildman–Crippen MR) is 275 cm³/mol. The molecule has 1 aliphatic carbocycles. The van der Waals surface area contributed by atoms with E-state index >= 15 is 0 Å². The molecule has 0 N–H and O–H groups in total. The monoisotopic (exact) mass is 832 g/mol. The Bertz CT molecular complexity index is 2900. The Morgan fingerprint density at radius 2 is 0.477 bits per heavy atom. The van der Waals surface area contributed by atoms with Crippen molar-refractivity contribution in [3.8, 4) is 55.6 Å². The summed E-state index contributed by atoms with van der Waals surface area (Å²) in [5, 5.41) is 0. The average Bonchev–Trinajstić information content (AvgIpc) is 3.60. The number of hydrogen-bond acceptors (Lipinski definition) is 2. The first-order valence-electron chi connectivity index (χ1n) is 22.5. The SMILES string of the molecule is CC1(C)c2cc(N(c3cccc(-c4ccccc4)c3)c3cccc(-c4ccccc4)c3)ccc2-c2ccc(N(c3cccc(-c4ccccc4)c3)c3cccc(-c4ccccc4)c3)cc21. The van der Waals surface area contributed by atoms with Gasteiger partial charge in [0.25, 0.3) is 0 Å². The van der Waals surface area contributed by atoms with Gasteiger partial charge in [-0.3, -0.25) is 0 Å². The molecule has 0 saturated carbocycles. The molecule has 0 amide bonds. The first-order valence-corrected chi connectivity index (χ1v) is 22.5. The molecular formula is C63H48N2. The molecule has 0 saturated heterocycles. The van der Waals surface area contributed by atoms with Crippen LogP contribution in [-0.4, -0.2) is 0 Å². The summed E-state index contributed by atoms with van der Waals surface area (Å²) in [5.74, 6) is 0. The van der Waals surface area contributed by atoms with Crippen molar-refractivity contribution in [3.05, 3.63) is 266 Å². The number of anilines is 6. The van der Waals surface area contributed by atoms with Gasteiger partial charge < -0.3 is 9.80 Å². The van der Waals surface area contributed by atoms with Crippen molar-refractivity contribution < 1.29 is 0 Å². The molecule has 10 aromatic rings. The zero-order valence-corrected chi connectivity index (χ0v) is 36.6.